The lowest BCUT2D eigenvalue weighted by molar-refractivity contribution is -0.141. The van der Waals surface area contributed by atoms with Crippen LogP contribution in [0.25, 0.3) is 0 Å². The molecule has 0 bridgehead atoms. The molecule has 0 aliphatic rings. The Morgan fingerprint density at radius 2 is 1.68 bits per heavy atom. The number of carbonyl (C=O) groups is 2. The van der Waals surface area contributed by atoms with E-state index in [4.69, 9.17) is 5.11 Å². The van der Waals surface area contributed by atoms with Crippen LogP contribution in [0.15, 0.2) is 30.3 Å². The summed E-state index contributed by atoms with van der Waals surface area (Å²) in [7, 11) is 0. The molecule has 0 heterocycles. The molecule has 4 N–H and O–H groups in total. The topological polar surface area (TPSA) is 98.7 Å². The number of amides is 2. The van der Waals surface area contributed by atoms with Gasteiger partial charge in [0, 0.05) is 0 Å². The first-order valence-electron chi connectivity index (χ1n) is 5.94. The highest BCUT2D eigenvalue weighted by atomic mass is 16.4. The average Bonchev–Trinajstić information content (AvgIpc) is 2.36. The van der Waals surface area contributed by atoms with E-state index in [1.807, 2.05) is 30.3 Å². The molecular formula is C13H18N2O4. The van der Waals surface area contributed by atoms with Crippen molar-refractivity contribution in [1.82, 2.24) is 10.6 Å². The maximum atomic E-state index is 11.6. The van der Waals surface area contributed by atoms with Crippen LogP contribution in [0.4, 0.5) is 4.79 Å². The molecule has 104 valence electrons. The van der Waals surface area contributed by atoms with Crippen LogP contribution < -0.4 is 10.6 Å². The third-order valence-electron chi connectivity index (χ3n) is 2.68. The van der Waals surface area contributed by atoms with E-state index in [-0.39, 0.29) is 6.04 Å². The smallest absolute Gasteiger partial charge is 0.328 e. The number of aliphatic hydroxyl groups is 1. The Morgan fingerprint density at radius 3 is 2.16 bits per heavy atom. The van der Waals surface area contributed by atoms with Gasteiger partial charge in [-0.25, -0.2) is 9.59 Å². The number of rotatable bonds is 5. The number of aliphatic carboxylic acids is 1. The van der Waals surface area contributed by atoms with Crippen LogP contribution >= 0.6 is 0 Å². The van der Waals surface area contributed by atoms with E-state index < -0.39 is 24.1 Å². The second-order valence-corrected chi connectivity index (χ2v) is 4.31. The van der Waals surface area contributed by atoms with E-state index in [1.54, 1.807) is 6.92 Å². The van der Waals surface area contributed by atoms with Gasteiger partial charge in [-0.2, -0.15) is 0 Å². The quantitative estimate of drug-likeness (QED) is 0.636. The first-order valence-corrected chi connectivity index (χ1v) is 5.94. The van der Waals surface area contributed by atoms with Gasteiger partial charge in [0.25, 0.3) is 0 Å². The minimum absolute atomic E-state index is 0.260. The van der Waals surface area contributed by atoms with E-state index >= 15 is 0 Å². The first-order chi connectivity index (χ1) is 8.91. The molecule has 0 saturated heterocycles. The molecule has 1 unspecified atom stereocenters. The van der Waals surface area contributed by atoms with E-state index in [1.165, 1.54) is 6.92 Å². The number of aliphatic hydroxyl groups excluding tert-OH is 1. The highest BCUT2D eigenvalue weighted by Crippen LogP contribution is 2.10. The molecule has 2 amide bonds. The van der Waals surface area contributed by atoms with Gasteiger partial charge in [0.1, 0.15) is 0 Å². The van der Waals surface area contributed by atoms with E-state index in [0.717, 1.165) is 5.56 Å². The van der Waals surface area contributed by atoms with Crippen molar-refractivity contribution in [3.05, 3.63) is 35.9 Å². The standard InChI is InChI=1S/C13H18N2O4/c1-8(10-6-4-3-5-7-10)14-13(19)15-11(9(2)16)12(17)18/h3-9,11,16H,1-2H3,(H,17,18)(H2,14,15,19)/t8?,9-,11+/m1/s1. The van der Waals surface area contributed by atoms with Crippen LogP contribution in [-0.2, 0) is 4.79 Å². The number of urea groups is 1. The van der Waals surface area contributed by atoms with Gasteiger partial charge in [0.2, 0.25) is 0 Å². The number of benzene rings is 1. The maximum Gasteiger partial charge on any atom is 0.328 e. The number of carboxylic acids is 1. The zero-order chi connectivity index (χ0) is 14.4. The van der Waals surface area contributed by atoms with Crippen molar-refractivity contribution in [2.24, 2.45) is 0 Å². The Balaban J connectivity index is 2.58. The van der Waals surface area contributed by atoms with Crippen LogP contribution in [0.1, 0.15) is 25.5 Å². The van der Waals surface area contributed by atoms with Gasteiger partial charge in [-0.15, -0.1) is 0 Å². The van der Waals surface area contributed by atoms with Crippen LogP contribution in [0, 0.1) is 0 Å². The van der Waals surface area contributed by atoms with Crippen molar-refractivity contribution < 1.29 is 19.8 Å². The molecule has 0 aliphatic heterocycles. The summed E-state index contributed by atoms with van der Waals surface area (Å²) in [6.07, 6.45) is -1.17. The SMILES string of the molecule is CC(NC(=O)N[C@H](C(=O)O)[C@@H](C)O)c1ccccc1. The molecular weight excluding hydrogens is 248 g/mol. The van der Waals surface area contributed by atoms with Gasteiger partial charge in [-0.05, 0) is 19.4 Å². The predicted molar refractivity (Wildman–Crippen MR) is 69.6 cm³/mol. The van der Waals surface area contributed by atoms with Crippen molar-refractivity contribution >= 4 is 12.0 Å². The highest BCUT2D eigenvalue weighted by molar-refractivity contribution is 5.83. The lowest BCUT2D eigenvalue weighted by Gasteiger charge is -2.20. The summed E-state index contributed by atoms with van der Waals surface area (Å²) in [5.74, 6) is -1.28. The molecule has 0 spiro atoms. The van der Waals surface area contributed by atoms with Crippen molar-refractivity contribution in [2.45, 2.75) is 32.0 Å². The molecule has 19 heavy (non-hydrogen) atoms. The summed E-state index contributed by atoms with van der Waals surface area (Å²) in [6.45, 7) is 3.09. The van der Waals surface area contributed by atoms with Crippen LogP contribution in [0.2, 0.25) is 0 Å². The Morgan fingerprint density at radius 1 is 1.11 bits per heavy atom. The Labute approximate surface area is 111 Å². The summed E-state index contributed by atoms with van der Waals surface area (Å²) >= 11 is 0. The fraction of sp³-hybridized carbons (Fsp3) is 0.385. The summed E-state index contributed by atoms with van der Waals surface area (Å²) in [5.41, 5.74) is 0.904. The Kier molecular flexibility index (Phi) is 5.32. The Bertz CT molecular complexity index is 434. The zero-order valence-corrected chi connectivity index (χ0v) is 10.8. The number of carbonyl (C=O) groups excluding carboxylic acids is 1. The predicted octanol–water partition coefficient (Wildman–Crippen LogP) is 0.881. The molecule has 0 fully saturated rings. The number of carboxylic acid groups (broad SMARTS) is 1. The largest absolute Gasteiger partial charge is 0.480 e. The zero-order valence-electron chi connectivity index (χ0n) is 10.8. The first kappa shape index (κ1) is 15.0. The molecule has 6 heteroatoms. The molecule has 0 aliphatic carbocycles. The third-order valence-corrected chi connectivity index (χ3v) is 2.68. The molecule has 1 rings (SSSR count). The third kappa shape index (κ3) is 4.59. The lowest BCUT2D eigenvalue weighted by Crippen LogP contribution is -2.51. The molecule has 0 radical (unpaired) electrons. The van der Waals surface area contributed by atoms with Crippen LogP contribution in [0.3, 0.4) is 0 Å². The van der Waals surface area contributed by atoms with Crippen molar-refractivity contribution in [3.8, 4) is 0 Å². The fourth-order valence-corrected chi connectivity index (χ4v) is 1.59. The highest BCUT2D eigenvalue weighted by Gasteiger charge is 2.25. The number of nitrogens with one attached hydrogen (secondary N) is 2. The lowest BCUT2D eigenvalue weighted by atomic mass is 10.1. The van der Waals surface area contributed by atoms with Crippen LogP contribution in [0.5, 0.6) is 0 Å². The summed E-state index contributed by atoms with van der Waals surface area (Å²) in [5, 5.41) is 22.9. The summed E-state index contributed by atoms with van der Waals surface area (Å²) in [4.78, 5) is 22.5. The number of hydrogen-bond acceptors (Lipinski definition) is 3. The van der Waals surface area contributed by atoms with Gasteiger partial charge < -0.3 is 20.8 Å². The van der Waals surface area contributed by atoms with Crippen molar-refractivity contribution in [3.63, 3.8) is 0 Å². The van der Waals surface area contributed by atoms with E-state index in [0.29, 0.717) is 0 Å². The molecule has 6 nitrogen and oxygen atoms in total. The number of hydrogen-bond donors (Lipinski definition) is 4. The summed E-state index contributed by atoms with van der Waals surface area (Å²) < 4.78 is 0. The molecule has 1 aromatic carbocycles. The molecule has 3 atom stereocenters. The second kappa shape index (κ2) is 6.75. The minimum Gasteiger partial charge on any atom is -0.480 e. The molecule has 0 aromatic heterocycles. The average molecular weight is 266 g/mol. The van der Waals surface area contributed by atoms with E-state index in [9.17, 15) is 14.7 Å². The second-order valence-electron chi connectivity index (χ2n) is 4.31. The summed E-state index contributed by atoms with van der Waals surface area (Å²) in [6, 6.07) is 7.05. The van der Waals surface area contributed by atoms with Crippen LogP contribution in [-0.4, -0.2) is 34.4 Å². The molecule has 0 saturated carbocycles. The van der Waals surface area contributed by atoms with Gasteiger partial charge in [0.15, 0.2) is 6.04 Å². The van der Waals surface area contributed by atoms with Gasteiger partial charge in [0.05, 0.1) is 12.1 Å². The van der Waals surface area contributed by atoms with Gasteiger partial charge in [-0.3, -0.25) is 0 Å². The van der Waals surface area contributed by atoms with Crippen molar-refractivity contribution in [1.29, 1.82) is 0 Å². The molecule has 1 aromatic rings. The van der Waals surface area contributed by atoms with Crippen molar-refractivity contribution in [2.75, 3.05) is 0 Å². The normalized spacial score (nSPS) is 15.1. The Hall–Kier alpha value is -2.08. The minimum atomic E-state index is -1.33. The monoisotopic (exact) mass is 266 g/mol. The van der Waals surface area contributed by atoms with E-state index in [2.05, 4.69) is 10.6 Å². The van der Waals surface area contributed by atoms with Gasteiger partial charge in [-0.1, -0.05) is 30.3 Å². The maximum absolute atomic E-state index is 11.6. The van der Waals surface area contributed by atoms with Gasteiger partial charge >= 0.3 is 12.0 Å². The fourth-order valence-electron chi connectivity index (χ4n) is 1.59.